The van der Waals surface area contributed by atoms with Gasteiger partial charge in [-0.2, -0.15) is 0 Å². The van der Waals surface area contributed by atoms with Gasteiger partial charge in [-0.05, 0) is 47.0 Å². The van der Waals surface area contributed by atoms with E-state index in [-0.39, 0.29) is 5.38 Å². The van der Waals surface area contributed by atoms with Crippen LogP contribution in [0.25, 0.3) is 23.1 Å². The molecule has 0 aliphatic rings. The van der Waals surface area contributed by atoms with Gasteiger partial charge in [-0.25, -0.2) is 4.98 Å². The van der Waals surface area contributed by atoms with Gasteiger partial charge >= 0.3 is 0 Å². The average Bonchev–Trinajstić information content (AvgIpc) is 2.72. The van der Waals surface area contributed by atoms with Crippen LogP contribution >= 0.6 is 23.2 Å². The highest BCUT2D eigenvalue weighted by Gasteiger charge is 2.10. The molecule has 0 aliphatic carbocycles. The highest BCUT2D eigenvalue weighted by Crippen LogP contribution is 2.29. The van der Waals surface area contributed by atoms with Gasteiger partial charge in [-0.15, -0.1) is 11.6 Å². The molecule has 0 saturated carbocycles. The number of alkyl halides is 1. The fourth-order valence-electron chi connectivity index (χ4n) is 3.02. The fraction of sp³-hybridized carbons (Fsp3) is 0.0417. The van der Waals surface area contributed by atoms with Crippen molar-refractivity contribution in [1.82, 2.24) is 4.98 Å². The molecule has 0 radical (unpaired) electrons. The predicted octanol–water partition coefficient (Wildman–Crippen LogP) is 7.39. The van der Waals surface area contributed by atoms with Crippen LogP contribution in [0.15, 0.2) is 84.9 Å². The number of rotatable bonds is 4. The lowest BCUT2D eigenvalue weighted by molar-refractivity contribution is 1.14. The molecule has 4 aromatic rings. The average molecular weight is 390 g/mol. The molecule has 0 N–H and O–H groups in total. The molecular weight excluding hydrogens is 373 g/mol. The van der Waals surface area contributed by atoms with Crippen molar-refractivity contribution in [2.45, 2.75) is 5.38 Å². The maximum absolute atomic E-state index is 6.65. The molecule has 4 rings (SSSR count). The summed E-state index contributed by atoms with van der Waals surface area (Å²) in [5, 5.41) is 1.60. The number of pyridine rings is 1. The van der Waals surface area contributed by atoms with Gasteiger partial charge < -0.3 is 0 Å². The van der Waals surface area contributed by atoms with Gasteiger partial charge in [0.05, 0.1) is 16.6 Å². The molecule has 1 aromatic heterocycles. The van der Waals surface area contributed by atoms with Crippen LogP contribution in [-0.2, 0) is 0 Å². The van der Waals surface area contributed by atoms with Crippen molar-refractivity contribution in [2.24, 2.45) is 0 Å². The topological polar surface area (TPSA) is 12.9 Å². The van der Waals surface area contributed by atoms with Crippen molar-refractivity contribution in [3.05, 3.63) is 112 Å². The van der Waals surface area contributed by atoms with Crippen LogP contribution in [0.2, 0.25) is 5.02 Å². The second-order valence-electron chi connectivity index (χ2n) is 6.35. The summed E-state index contributed by atoms with van der Waals surface area (Å²) in [6, 6.07) is 28.2. The van der Waals surface area contributed by atoms with Crippen molar-refractivity contribution in [3.63, 3.8) is 0 Å². The SMILES string of the molecule is Clc1ccc2ccc(C=Cc3cccc(C(Cl)c4ccccc4)c3)nc2c1. The van der Waals surface area contributed by atoms with Crippen molar-refractivity contribution < 1.29 is 0 Å². The Morgan fingerprint density at radius 2 is 1.52 bits per heavy atom. The summed E-state index contributed by atoms with van der Waals surface area (Å²) in [4.78, 5) is 4.66. The number of hydrogen-bond donors (Lipinski definition) is 0. The van der Waals surface area contributed by atoms with E-state index in [1.165, 1.54) is 0 Å². The molecule has 3 aromatic carbocycles. The minimum absolute atomic E-state index is 0.166. The molecule has 0 amide bonds. The Hall–Kier alpha value is -2.61. The molecule has 3 heteroatoms. The zero-order chi connectivity index (χ0) is 18.6. The minimum atomic E-state index is -0.166. The molecule has 0 spiro atoms. The van der Waals surface area contributed by atoms with E-state index >= 15 is 0 Å². The third kappa shape index (κ3) is 4.21. The number of hydrogen-bond acceptors (Lipinski definition) is 1. The molecule has 1 nitrogen and oxygen atoms in total. The minimum Gasteiger partial charge on any atom is -0.248 e. The number of aromatic nitrogens is 1. The van der Waals surface area contributed by atoms with Gasteiger partial charge in [0.1, 0.15) is 0 Å². The summed E-state index contributed by atoms with van der Waals surface area (Å²) in [5.41, 5.74) is 5.03. The molecule has 1 atom stereocenters. The Labute approximate surface area is 168 Å². The lowest BCUT2D eigenvalue weighted by Gasteiger charge is -2.10. The van der Waals surface area contributed by atoms with Crippen molar-refractivity contribution >= 4 is 46.3 Å². The predicted molar refractivity (Wildman–Crippen MR) is 116 cm³/mol. The molecule has 0 fully saturated rings. The van der Waals surface area contributed by atoms with Crippen LogP contribution < -0.4 is 0 Å². The Bertz CT molecular complexity index is 1100. The smallest absolute Gasteiger partial charge is 0.0835 e. The summed E-state index contributed by atoms with van der Waals surface area (Å²) in [7, 11) is 0. The number of halogens is 2. The normalized spacial score (nSPS) is 12.5. The van der Waals surface area contributed by atoms with Crippen LogP contribution in [0.5, 0.6) is 0 Å². The van der Waals surface area contributed by atoms with Crippen LogP contribution in [0.3, 0.4) is 0 Å². The monoisotopic (exact) mass is 389 g/mol. The molecule has 0 saturated heterocycles. The summed E-state index contributed by atoms with van der Waals surface area (Å²) in [6.07, 6.45) is 4.06. The fourth-order valence-corrected chi connectivity index (χ4v) is 3.46. The first-order valence-corrected chi connectivity index (χ1v) is 9.54. The highest BCUT2D eigenvalue weighted by molar-refractivity contribution is 6.31. The molecule has 1 heterocycles. The van der Waals surface area contributed by atoms with E-state index in [1.807, 2.05) is 66.7 Å². The standard InChI is InChI=1S/C24H17Cl2N/c25-21-12-10-18-11-14-22(27-23(18)16-21)13-9-17-5-4-8-20(15-17)24(26)19-6-2-1-3-7-19/h1-16,24H. The molecule has 0 aliphatic heterocycles. The highest BCUT2D eigenvalue weighted by atomic mass is 35.5. The Kier molecular flexibility index (Phi) is 5.24. The summed E-state index contributed by atoms with van der Waals surface area (Å²) in [5.74, 6) is 0. The molecule has 0 bridgehead atoms. The number of nitrogens with zero attached hydrogens (tertiary/aromatic N) is 1. The van der Waals surface area contributed by atoms with Crippen molar-refractivity contribution in [3.8, 4) is 0 Å². The molecule has 1 unspecified atom stereocenters. The second kappa shape index (κ2) is 7.96. The largest absolute Gasteiger partial charge is 0.248 e. The van der Waals surface area contributed by atoms with Gasteiger partial charge in [-0.1, -0.05) is 78.3 Å². The van der Waals surface area contributed by atoms with Crippen LogP contribution in [-0.4, -0.2) is 4.98 Å². The number of benzene rings is 3. The van der Waals surface area contributed by atoms with E-state index in [1.54, 1.807) is 0 Å². The van der Waals surface area contributed by atoms with Gasteiger partial charge in [0.15, 0.2) is 0 Å². The van der Waals surface area contributed by atoms with Gasteiger partial charge in [0.2, 0.25) is 0 Å². The zero-order valence-corrected chi connectivity index (χ0v) is 16.0. The van der Waals surface area contributed by atoms with E-state index in [9.17, 15) is 0 Å². The Morgan fingerprint density at radius 1 is 0.741 bits per heavy atom. The second-order valence-corrected chi connectivity index (χ2v) is 7.22. The van der Waals surface area contributed by atoms with Crippen molar-refractivity contribution in [1.29, 1.82) is 0 Å². The van der Waals surface area contributed by atoms with Crippen LogP contribution in [0, 0.1) is 0 Å². The van der Waals surface area contributed by atoms with Crippen molar-refractivity contribution in [2.75, 3.05) is 0 Å². The summed E-state index contributed by atoms with van der Waals surface area (Å²) >= 11 is 12.7. The lowest BCUT2D eigenvalue weighted by atomic mass is 10.0. The first-order valence-electron chi connectivity index (χ1n) is 8.72. The Balaban J connectivity index is 1.59. The van der Waals surface area contributed by atoms with Crippen LogP contribution in [0.4, 0.5) is 0 Å². The quantitative estimate of drug-likeness (QED) is 0.331. The van der Waals surface area contributed by atoms with Crippen LogP contribution in [0.1, 0.15) is 27.8 Å². The van der Waals surface area contributed by atoms with E-state index in [4.69, 9.17) is 23.2 Å². The molecular formula is C24H17Cl2N. The van der Waals surface area contributed by atoms with E-state index in [2.05, 4.69) is 35.3 Å². The third-order valence-corrected chi connectivity index (χ3v) is 5.16. The zero-order valence-electron chi connectivity index (χ0n) is 14.5. The van der Waals surface area contributed by atoms with Gasteiger partial charge in [-0.3, -0.25) is 0 Å². The number of fused-ring (bicyclic) bond motifs is 1. The summed E-state index contributed by atoms with van der Waals surface area (Å²) < 4.78 is 0. The van der Waals surface area contributed by atoms with E-state index in [0.717, 1.165) is 33.3 Å². The lowest BCUT2D eigenvalue weighted by Crippen LogP contribution is -1.93. The molecule has 27 heavy (non-hydrogen) atoms. The van der Waals surface area contributed by atoms with Gasteiger partial charge in [0, 0.05) is 10.4 Å². The Morgan fingerprint density at radius 3 is 2.37 bits per heavy atom. The first kappa shape index (κ1) is 17.8. The van der Waals surface area contributed by atoms with Gasteiger partial charge in [0.25, 0.3) is 0 Å². The van der Waals surface area contributed by atoms with E-state index in [0.29, 0.717) is 5.02 Å². The van der Waals surface area contributed by atoms with E-state index < -0.39 is 0 Å². The third-order valence-electron chi connectivity index (χ3n) is 4.42. The maximum Gasteiger partial charge on any atom is 0.0835 e. The maximum atomic E-state index is 6.65. The summed E-state index contributed by atoms with van der Waals surface area (Å²) in [6.45, 7) is 0. The molecule has 132 valence electrons. The first-order chi connectivity index (χ1) is 13.2.